The maximum absolute atomic E-state index is 12.7. The van der Waals surface area contributed by atoms with Crippen LogP contribution in [0.4, 0.5) is 5.82 Å². The fraction of sp³-hybridized carbons (Fsp3) is 0.294. The molecule has 2 aromatic heterocycles. The van der Waals surface area contributed by atoms with Crippen molar-refractivity contribution in [1.29, 1.82) is 0 Å². The Morgan fingerprint density at radius 2 is 2.17 bits per heavy atom. The number of hydrogen-bond acceptors (Lipinski definition) is 10. The minimum absolute atomic E-state index is 0.0158. The van der Waals surface area contributed by atoms with E-state index in [4.69, 9.17) is 17.3 Å². The molecule has 0 fully saturated rings. The summed E-state index contributed by atoms with van der Waals surface area (Å²) in [6.07, 6.45) is 1.27. The van der Waals surface area contributed by atoms with Crippen molar-refractivity contribution in [3.8, 4) is 11.6 Å². The van der Waals surface area contributed by atoms with Crippen molar-refractivity contribution in [3.63, 3.8) is 0 Å². The minimum Gasteiger partial charge on any atom is -0.507 e. The first-order chi connectivity index (χ1) is 14.4. The van der Waals surface area contributed by atoms with Crippen molar-refractivity contribution in [2.75, 3.05) is 18.8 Å². The largest absolute Gasteiger partial charge is 0.507 e. The van der Waals surface area contributed by atoms with E-state index < -0.39 is 5.91 Å². The number of nitrogens with two attached hydrogens (primary N) is 1. The number of amides is 1. The minimum atomic E-state index is -0.601. The number of halogens is 1. The molecule has 0 bridgehead atoms. The number of carbonyl (C=O) groups is 1. The molecule has 0 spiro atoms. The summed E-state index contributed by atoms with van der Waals surface area (Å²) in [5, 5.41) is 29.3. The zero-order chi connectivity index (χ0) is 21.7. The van der Waals surface area contributed by atoms with Gasteiger partial charge in [-0.2, -0.15) is 9.78 Å². The number of nitrogens with one attached hydrogen (secondary N) is 1. The number of carbonyl (C=O) groups excluding carboxylic acids is 1. The van der Waals surface area contributed by atoms with Crippen LogP contribution in [0, 0.1) is 0 Å². The highest BCUT2D eigenvalue weighted by Gasteiger charge is 2.24. The first-order valence-electron chi connectivity index (χ1n) is 9.01. The van der Waals surface area contributed by atoms with E-state index in [2.05, 4.69) is 40.7 Å². The zero-order valence-corrected chi connectivity index (χ0v) is 17.0. The molecule has 3 aromatic rings. The Bertz CT molecular complexity index is 1060. The molecule has 1 aromatic carbocycles. The predicted molar refractivity (Wildman–Crippen MR) is 108 cm³/mol. The highest BCUT2D eigenvalue weighted by atomic mass is 35.5. The van der Waals surface area contributed by atoms with Crippen LogP contribution >= 0.6 is 11.6 Å². The molecule has 3 rings (SSSR count). The third-order valence-electron chi connectivity index (χ3n) is 4.30. The number of hydrogen-bond donors (Lipinski definition) is 3. The molecule has 13 heteroatoms. The Hall–Kier alpha value is -3.51. The molecule has 0 aliphatic rings. The number of aromatic hydroxyl groups is 1. The van der Waals surface area contributed by atoms with E-state index in [0.717, 1.165) is 13.1 Å². The zero-order valence-electron chi connectivity index (χ0n) is 16.3. The lowest BCUT2D eigenvalue weighted by molar-refractivity contribution is 0.0948. The van der Waals surface area contributed by atoms with Gasteiger partial charge in [0.15, 0.2) is 5.69 Å². The summed E-state index contributed by atoms with van der Waals surface area (Å²) in [7, 11) is 0. The highest BCUT2D eigenvalue weighted by molar-refractivity contribution is 6.30. The molecule has 158 valence electrons. The Morgan fingerprint density at radius 1 is 1.40 bits per heavy atom. The molecule has 0 atom stereocenters. The van der Waals surface area contributed by atoms with Crippen LogP contribution in [0.3, 0.4) is 0 Å². The number of phenols is 1. The molecule has 0 unspecified atom stereocenters. The van der Waals surface area contributed by atoms with Crippen molar-refractivity contribution in [2.45, 2.75) is 20.4 Å². The number of nitrogens with zero attached hydrogens (tertiary/aromatic N) is 7. The number of hydrazone groups is 1. The lowest BCUT2D eigenvalue weighted by Gasteiger charge is -2.18. The fourth-order valence-corrected chi connectivity index (χ4v) is 2.81. The number of rotatable bonds is 8. The van der Waals surface area contributed by atoms with Crippen LogP contribution in [-0.2, 0) is 6.54 Å². The molecular formula is C17H20ClN9O3. The number of aromatic nitrogens is 5. The van der Waals surface area contributed by atoms with Gasteiger partial charge in [-0.1, -0.05) is 30.7 Å². The Labute approximate surface area is 176 Å². The summed E-state index contributed by atoms with van der Waals surface area (Å²) < 4.78 is 5.94. The SMILES string of the molecule is CCN(CC)Cc1c(C(=O)N/N=C/c2cc(Cl)ccc2O)nnn1-c1nonc1N. The van der Waals surface area contributed by atoms with Crippen LogP contribution in [0.5, 0.6) is 5.75 Å². The average molecular weight is 434 g/mol. The summed E-state index contributed by atoms with van der Waals surface area (Å²) in [5.41, 5.74) is 8.96. The lowest BCUT2D eigenvalue weighted by Crippen LogP contribution is -2.27. The molecule has 0 radical (unpaired) electrons. The summed E-state index contributed by atoms with van der Waals surface area (Å²) >= 11 is 5.90. The molecule has 0 aliphatic carbocycles. The van der Waals surface area contributed by atoms with Gasteiger partial charge in [0, 0.05) is 17.1 Å². The van der Waals surface area contributed by atoms with Gasteiger partial charge in [0.05, 0.1) is 11.9 Å². The van der Waals surface area contributed by atoms with Gasteiger partial charge in [-0.3, -0.25) is 9.69 Å². The van der Waals surface area contributed by atoms with E-state index in [1.807, 2.05) is 13.8 Å². The standard InChI is InChI=1S/C17H20ClN9O3/c1-3-26(4-2)9-12-14(21-25-27(12)16-15(19)23-30-24-16)17(29)22-20-8-10-7-11(18)5-6-13(10)28/h5-8,28H,3-4,9H2,1-2H3,(H2,19,23)(H,22,29)/b20-8+. The van der Waals surface area contributed by atoms with E-state index in [0.29, 0.717) is 22.8 Å². The Morgan fingerprint density at radius 3 is 2.83 bits per heavy atom. The van der Waals surface area contributed by atoms with Crippen molar-refractivity contribution in [1.82, 2.24) is 35.6 Å². The smallest absolute Gasteiger partial charge is 0.293 e. The number of benzene rings is 1. The Balaban J connectivity index is 1.87. The van der Waals surface area contributed by atoms with E-state index >= 15 is 0 Å². The lowest BCUT2D eigenvalue weighted by atomic mass is 10.2. The van der Waals surface area contributed by atoms with Crippen LogP contribution in [0.2, 0.25) is 5.02 Å². The van der Waals surface area contributed by atoms with Gasteiger partial charge in [0.2, 0.25) is 11.6 Å². The second-order valence-electron chi connectivity index (χ2n) is 6.13. The number of nitrogen functional groups attached to an aromatic ring is 1. The fourth-order valence-electron chi connectivity index (χ4n) is 2.63. The van der Waals surface area contributed by atoms with Crippen molar-refractivity contribution >= 4 is 29.5 Å². The summed E-state index contributed by atoms with van der Waals surface area (Å²) in [5.74, 6) is -0.478. The highest BCUT2D eigenvalue weighted by Crippen LogP contribution is 2.20. The summed E-state index contributed by atoms with van der Waals surface area (Å²) in [6, 6.07) is 4.47. The number of anilines is 1. The molecule has 30 heavy (non-hydrogen) atoms. The molecule has 0 aliphatic heterocycles. The second-order valence-corrected chi connectivity index (χ2v) is 6.57. The van der Waals surface area contributed by atoms with E-state index in [1.54, 1.807) is 0 Å². The molecule has 0 saturated heterocycles. The maximum Gasteiger partial charge on any atom is 0.293 e. The molecule has 0 saturated carbocycles. The molecule has 12 nitrogen and oxygen atoms in total. The topological polar surface area (TPSA) is 161 Å². The molecule has 4 N–H and O–H groups in total. The van der Waals surface area contributed by atoms with Crippen molar-refractivity contribution < 1.29 is 14.5 Å². The average Bonchev–Trinajstić information content (AvgIpc) is 3.34. The molecule has 1 amide bonds. The Kier molecular flexibility index (Phi) is 6.59. The van der Waals surface area contributed by atoms with E-state index in [-0.39, 0.29) is 23.1 Å². The van der Waals surface area contributed by atoms with Crippen LogP contribution in [0.25, 0.3) is 5.82 Å². The second kappa shape index (κ2) is 9.33. The summed E-state index contributed by atoms with van der Waals surface area (Å²) in [4.78, 5) is 14.8. The molecule has 2 heterocycles. The van der Waals surface area contributed by atoms with Gasteiger partial charge >= 0.3 is 0 Å². The van der Waals surface area contributed by atoms with Crippen molar-refractivity contribution in [3.05, 3.63) is 40.2 Å². The van der Waals surface area contributed by atoms with Crippen LogP contribution in [0.1, 0.15) is 35.6 Å². The van der Waals surface area contributed by atoms with Gasteiger partial charge in [0.1, 0.15) is 5.75 Å². The van der Waals surface area contributed by atoms with Gasteiger partial charge in [-0.25, -0.2) is 10.1 Å². The number of phenolic OH excluding ortho intramolecular Hbond substituents is 1. The maximum atomic E-state index is 12.7. The van der Waals surface area contributed by atoms with Gasteiger partial charge < -0.3 is 10.8 Å². The van der Waals surface area contributed by atoms with Gasteiger partial charge in [-0.15, -0.1) is 5.10 Å². The van der Waals surface area contributed by atoms with Gasteiger partial charge in [0.25, 0.3) is 5.91 Å². The first kappa shape index (κ1) is 21.2. The molecular weight excluding hydrogens is 414 g/mol. The van der Waals surface area contributed by atoms with Crippen LogP contribution in [0.15, 0.2) is 27.9 Å². The first-order valence-corrected chi connectivity index (χ1v) is 9.39. The van der Waals surface area contributed by atoms with Crippen LogP contribution in [-0.4, -0.2) is 60.5 Å². The quantitative estimate of drug-likeness (QED) is 0.350. The third kappa shape index (κ3) is 4.55. The van der Waals surface area contributed by atoms with Crippen molar-refractivity contribution in [2.24, 2.45) is 5.10 Å². The normalized spacial score (nSPS) is 11.5. The van der Waals surface area contributed by atoms with E-state index in [1.165, 1.54) is 29.1 Å². The van der Waals surface area contributed by atoms with Crippen LogP contribution < -0.4 is 11.2 Å². The van der Waals surface area contributed by atoms with E-state index in [9.17, 15) is 9.90 Å². The summed E-state index contributed by atoms with van der Waals surface area (Å²) in [6.45, 7) is 5.81. The predicted octanol–water partition coefficient (Wildman–Crippen LogP) is 1.20. The van der Waals surface area contributed by atoms with Gasteiger partial charge in [-0.05, 0) is 41.6 Å². The third-order valence-corrected chi connectivity index (χ3v) is 4.54. The monoisotopic (exact) mass is 433 g/mol.